The summed E-state index contributed by atoms with van der Waals surface area (Å²) >= 11 is 0. The normalized spacial score (nSPS) is 18.8. The Morgan fingerprint density at radius 3 is 1.36 bits per heavy atom. The number of aliphatic hydroxyl groups is 2. The molecule has 6 atom stereocenters. The van der Waals surface area contributed by atoms with Crippen molar-refractivity contribution in [2.24, 2.45) is 0 Å². The van der Waals surface area contributed by atoms with Gasteiger partial charge in [0.25, 0.3) is 0 Å². The lowest BCUT2D eigenvalue weighted by molar-refractivity contribution is -0.301. The highest BCUT2D eigenvalue weighted by atomic mass is 16.7. The Labute approximate surface area is 442 Å². The van der Waals surface area contributed by atoms with Gasteiger partial charge in [-0.15, -0.1) is 0 Å². The molecule has 0 aromatic heterocycles. The van der Waals surface area contributed by atoms with Crippen molar-refractivity contribution in [1.29, 1.82) is 0 Å². The fourth-order valence-corrected chi connectivity index (χ4v) is 8.22. The lowest BCUT2D eigenvalue weighted by atomic mass is 9.98. The van der Waals surface area contributed by atoms with E-state index < -0.39 is 67.3 Å². The molecule has 1 rings (SSSR count). The molecule has 418 valence electrons. The number of carbonyl (C=O) groups excluding carboxylic acids is 3. The second-order valence-corrected chi connectivity index (χ2v) is 19.6. The van der Waals surface area contributed by atoms with Crippen LogP contribution in [0.3, 0.4) is 0 Å². The van der Waals surface area contributed by atoms with Crippen LogP contribution in [0.5, 0.6) is 0 Å². The van der Waals surface area contributed by atoms with E-state index in [2.05, 4.69) is 93.7 Å². The summed E-state index contributed by atoms with van der Waals surface area (Å²) in [6.07, 6.45) is 48.8. The van der Waals surface area contributed by atoms with Crippen LogP contribution >= 0.6 is 0 Å². The minimum absolute atomic E-state index is 0.0402. The van der Waals surface area contributed by atoms with E-state index >= 15 is 0 Å². The maximum absolute atomic E-state index is 13.1. The number of carbonyl (C=O) groups is 4. The van der Waals surface area contributed by atoms with E-state index in [0.717, 1.165) is 141 Å². The Morgan fingerprint density at radius 2 is 0.863 bits per heavy atom. The van der Waals surface area contributed by atoms with Gasteiger partial charge in [-0.2, -0.15) is 0 Å². The summed E-state index contributed by atoms with van der Waals surface area (Å²) < 4.78 is 28.3. The molecule has 1 heterocycles. The number of esters is 3. The minimum atomic E-state index is -1.91. The molecule has 3 N–H and O–H groups in total. The minimum Gasteiger partial charge on any atom is -0.479 e. The van der Waals surface area contributed by atoms with Crippen LogP contribution in [0.1, 0.15) is 239 Å². The summed E-state index contributed by atoms with van der Waals surface area (Å²) in [6.45, 7) is 5.82. The number of carboxylic acids is 1. The molecule has 0 aromatic rings. The second kappa shape index (κ2) is 49.1. The predicted molar refractivity (Wildman–Crippen MR) is 294 cm³/mol. The van der Waals surface area contributed by atoms with Crippen molar-refractivity contribution in [3.05, 3.63) is 72.9 Å². The van der Waals surface area contributed by atoms with Crippen LogP contribution < -0.4 is 0 Å². The number of aliphatic carboxylic acids is 1. The molecule has 0 aliphatic carbocycles. The van der Waals surface area contributed by atoms with Crippen molar-refractivity contribution in [3.8, 4) is 0 Å². The van der Waals surface area contributed by atoms with E-state index in [1.54, 1.807) is 0 Å². The van der Waals surface area contributed by atoms with Crippen molar-refractivity contribution in [3.63, 3.8) is 0 Å². The Balaban J connectivity index is 2.69. The zero-order chi connectivity index (χ0) is 53.3. The first-order valence-corrected chi connectivity index (χ1v) is 28.9. The molecule has 1 aliphatic rings. The molecule has 0 radical (unpaired) electrons. The number of rotatable bonds is 48. The lowest BCUT2D eigenvalue weighted by Crippen LogP contribution is -2.61. The van der Waals surface area contributed by atoms with Gasteiger partial charge in [-0.1, -0.05) is 190 Å². The van der Waals surface area contributed by atoms with Gasteiger partial charge in [0.1, 0.15) is 18.8 Å². The Morgan fingerprint density at radius 1 is 0.452 bits per heavy atom. The zero-order valence-electron chi connectivity index (χ0n) is 45.9. The summed E-state index contributed by atoms with van der Waals surface area (Å²) in [5.41, 5.74) is 0. The number of carboxylic acid groups (broad SMARTS) is 1. The van der Waals surface area contributed by atoms with Crippen molar-refractivity contribution < 1.29 is 58.2 Å². The fraction of sp³-hybridized carbons (Fsp3) is 0.738. The third-order valence-electron chi connectivity index (χ3n) is 12.7. The monoisotopic (exact) mass is 1030 g/mol. The van der Waals surface area contributed by atoms with Gasteiger partial charge in [0, 0.05) is 19.3 Å². The molecule has 0 saturated carbocycles. The van der Waals surface area contributed by atoms with Crippen LogP contribution in [0.4, 0.5) is 0 Å². The lowest BCUT2D eigenvalue weighted by Gasteiger charge is -2.40. The molecule has 0 bridgehead atoms. The molecule has 6 unspecified atom stereocenters. The molecule has 0 amide bonds. The number of aliphatic hydroxyl groups excluding tert-OH is 2. The van der Waals surface area contributed by atoms with Crippen LogP contribution in [0.2, 0.25) is 0 Å². The first-order chi connectivity index (χ1) is 35.6. The third-order valence-corrected chi connectivity index (χ3v) is 12.7. The van der Waals surface area contributed by atoms with Gasteiger partial charge in [0.15, 0.2) is 24.6 Å². The molecular weight excluding hydrogens is 925 g/mol. The maximum Gasteiger partial charge on any atom is 0.335 e. The largest absolute Gasteiger partial charge is 0.479 e. The smallest absolute Gasteiger partial charge is 0.335 e. The van der Waals surface area contributed by atoms with Gasteiger partial charge in [-0.05, 0) is 103 Å². The highest BCUT2D eigenvalue weighted by Gasteiger charge is 2.50. The Kier molecular flexibility index (Phi) is 45.1. The summed E-state index contributed by atoms with van der Waals surface area (Å²) in [5.74, 6) is -3.17. The summed E-state index contributed by atoms with van der Waals surface area (Å²) in [4.78, 5) is 51.0. The first-order valence-electron chi connectivity index (χ1n) is 28.9. The van der Waals surface area contributed by atoms with Gasteiger partial charge in [0.05, 0.1) is 6.61 Å². The average molecular weight is 1030 g/mol. The third kappa shape index (κ3) is 39.3. The van der Waals surface area contributed by atoms with Gasteiger partial charge in [-0.3, -0.25) is 14.4 Å². The highest BCUT2D eigenvalue weighted by molar-refractivity contribution is 5.74. The summed E-state index contributed by atoms with van der Waals surface area (Å²) in [7, 11) is 0. The summed E-state index contributed by atoms with van der Waals surface area (Å²) in [5, 5.41) is 31.4. The van der Waals surface area contributed by atoms with E-state index in [9.17, 15) is 34.5 Å². The number of hydrogen-bond acceptors (Lipinski definition) is 11. The van der Waals surface area contributed by atoms with Crippen molar-refractivity contribution in [1.82, 2.24) is 0 Å². The number of hydrogen-bond donors (Lipinski definition) is 3. The van der Waals surface area contributed by atoms with Gasteiger partial charge >= 0.3 is 23.9 Å². The molecule has 0 spiro atoms. The molecule has 1 aliphatic heterocycles. The second-order valence-electron chi connectivity index (χ2n) is 19.6. The molecule has 0 aromatic carbocycles. The molecule has 1 saturated heterocycles. The van der Waals surface area contributed by atoms with Crippen LogP contribution in [-0.2, 0) is 42.9 Å². The summed E-state index contributed by atoms with van der Waals surface area (Å²) in [6, 6.07) is 0. The Bertz CT molecular complexity index is 1550. The first kappa shape index (κ1) is 67.2. The van der Waals surface area contributed by atoms with E-state index in [1.165, 1.54) is 38.5 Å². The van der Waals surface area contributed by atoms with E-state index in [0.29, 0.717) is 19.3 Å². The van der Waals surface area contributed by atoms with E-state index in [4.69, 9.17) is 23.7 Å². The average Bonchev–Trinajstić information content (AvgIpc) is 3.37. The van der Waals surface area contributed by atoms with Crippen molar-refractivity contribution in [2.75, 3.05) is 13.2 Å². The highest BCUT2D eigenvalue weighted by Crippen LogP contribution is 2.26. The molecule has 12 nitrogen and oxygen atoms in total. The zero-order valence-corrected chi connectivity index (χ0v) is 45.9. The van der Waals surface area contributed by atoms with Crippen molar-refractivity contribution in [2.45, 2.75) is 276 Å². The number of unbranched alkanes of at least 4 members (excludes halogenated alkanes) is 22. The standard InChI is InChI=1S/C61H102O12/c1-4-7-10-13-16-19-22-24-25-26-27-28-29-31-33-35-38-41-44-47-53(62)69-50-52(71-54(63)48-45-42-39-36-32-21-18-15-12-9-6-3)51-70-61-59(57(66)56(65)58(73-61)60(67)68)72-55(64)49-46-43-40-37-34-30-23-20-17-14-11-8-5-2/h11,14-16,18-20,23-25,27-28,52,56-59,61,65-66H,4-10,12-13,17,21-22,26,29-51H2,1-3H3,(H,67,68)/b14-11-,18-15-,19-16-,23-20-,25-24-,28-27-. The van der Waals surface area contributed by atoms with Crippen LogP contribution in [0.15, 0.2) is 72.9 Å². The van der Waals surface area contributed by atoms with Crippen LogP contribution in [0, 0.1) is 0 Å². The van der Waals surface area contributed by atoms with E-state index in [1.807, 2.05) is 0 Å². The Hall–Kier alpha value is -3.84. The van der Waals surface area contributed by atoms with E-state index in [-0.39, 0.29) is 25.9 Å². The van der Waals surface area contributed by atoms with Gasteiger partial charge in [-0.25, -0.2) is 4.79 Å². The molecule has 73 heavy (non-hydrogen) atoms. The van der Waals surface area contributed by atoms with Gasteiger partial charge < -0.3 is 39.0 Å². The topological polar surface area (TPSA) is 175 Å². The SMILES string of the molecule is CCC/C=C\C/C=C\CCCCCCCC(=O)OC1C(OCC(COC(=O)CCCCCCCC/C=C\C/C=C\C/C=C\CCCCC)OC(=O)CCCCCCC/C=C\CCCC)OC(C(=O)O)C(O)C1O. The van der Waals surface area contributed by atoms with Crippen LogP contribution in [0.25, 0.3) is 0 Å². The fourth-order valence-electron chi connectivity index (χ4n) is 8.22. The number of ether oxygens (including phenoxy) is 5. The van der Waals surface area contributed by atoms with Gasteiger partial charge in [0.2, 0.25) is 0 Å². The maximum atomic E-state index is 13.1. The van der Waals surface area contributed by atoms with Crippen LogP contribution in [-0.4, -0.2) is 89.2 Å². The predicted octanol–water partition coefficient (Wildman–Crippen LogP) is 14.6. The molecule has 1 fully saturated rings. The number of allylic oxidation sites excluding steroid dienone is 12. The molecular formula is C61H102O12. The quantitative estimate of drug-likeness (QED) is 0.0228. The molecule has 12 heteroatoms. The van der Waals surface area contributed by atoms with Crippen molar-refractivity contribution >= 4 is 23.9 Å².